The van der Waals surface area contributed by atoms with E-state index in [4.69, 9.17) is 21.6 Å². The zero-order chi connectivity index (χ0) is 20.4. The fourth-order valence-corrected chi connectivity index (χ4v) is 3.14. The van der Waals surface area contributed by atoms with Crippen molar-refractivity contribution in [3.8, 4) is 11.5 Å². The van der Waals surface area contributed by atoms with E-state index < -0.39 is 5.91 Å². The first kappa shape index (κ1) is 18.5. The highest BCUT2D eigenvalue weighted by Gasteiger charge is 2.24. The summed E-state index contributed by atoms with van der Waals surface area (Å²) in [7, 11) is 0. The number of amides is 1. The van der Waals surface area contributed by atoms with Gasteiger partial charge in [-0.3, -0.25) is 9.20 Å². The number of aromatic nitrogens is 5. The molecular weight excluding hydrogens is 374 g/mol. The van der Waals surface area contributed by atoms with Crippen molar-refractivity contribution in [3.63, 3.8) is 0 Å². The molecule has 1 saturated heterocycles. The molecule has 1 aliphatic heterocycles. The number of fused-ring (bicyclic) bond motifs is 1. The molecule has 3 aromatic heterocycles. The third-order valence-electron chi connectivity index (χ3n) is 4.64. The van der Waals surface area contributed by atoms with Crippen molar-refractivity contribution in [1.29, 1.82) is 5.41 Å². The van der Waals surface area contributed by atoms with E-state index >= 15 is 0 Å². The molecule has 0 spiro atoms. The van der Waals surface area contributed by atoms with Crippen LogP contribution >= 0.6 is 0 Å². The van der Waals surface area contributed by atoms with Gasteiger partial charge in [-0.2, -0.15) is 0 Å². The summed E-state index contributed by atoms with van der Waals surface area (Å²) >= 11 is 0. The molecule has 0 aliphatic carbocycles. The Bertz CT molecular complexity index is 1110. The summed E-state index contributed by atoms with van der Waals surface area (Å²) in [6, 6.07) is 1.81. The lowest BCUT2D eigenvalue weighted by molar-refractivity contribution is 0.0676. The molecule has 1 amide bonds. The highest BCUT2D eigenvalue weighted by Crippen LogP contribution is 2.22. The van der Waals surface area contributed by atoms with E-state index in [1.807, 2.05) is 11.0 Å². The van der Waals surface area contributed by atoms with Crippen LogP contribution in [0, 0.1) is 5.41 Å². The van der Waals surface area contributed by atoms with Crippen LogP contribution in [0.15, 0.2) is 42.6 Å². The average molecular weight is 393 g/mol. The molecule has 5 N–H and O–H groups in total. The van der Waals surface area contributed by atoms with Gasteiger partial charge in [0.15, 0.2) is 11.5 Å². The van der Waals surface area contributed by atoms with Gasteiger partial charge in [-0.1, -0.05) is 0 Å². The molecule has 11 heteroatoms. The summed E-state index contributed by atoms with van der Waals surface area (Å²) in [5.41, 5.74) is 12.8. The van der Waals surface area contributed by atoms with Crippen molar-refractivity contribution in [2.24, 2.45) is 11.5 Å². The molecule has 29 heavy (non-hydrogen) atoms. The number of imidazole rings is 1. The molecule has 4 rings (SSSR count). The van der Waals surface area contributed by atoms with Gasteiger partial charge in [0.25, 0.3) is 5.91 Å². The third kappa shape index (κ3) is 3.50. The third-order valence-corrected chi connectivity index (χ3v) is 4.64. The van der Waals surface area contributed by atoms with Crippen LogP contribution in [0.1, 0.15) is 10.5 Å². The second-order valence-electron chi connectivity index (χ2n) is 6.36. The zero-order valence-corrected chi connectivity index (χ0v) is 15.4. The molecule has 0 aromatic carbocycles. The lowest BCUT2D eigenvalue weighted by atomic mass is 10.1. The van der Waals surface area contributed by atoms with E-state index in [1.54, 1.807) is 16.8 Å². The van der Waals surface area contributed by atoms with Crippen LogP contribution in [0.25, 0.3) is 17.2 Å². The first-order chi connectivity index (χ1) is 14.1. The predicted octanol–water partition coefficient (Wildman–Crippen LogP) is -0.0174. The van der Waals surface area contributed by atoms with Crippen molar-refractivity contribution < 1.29 is 9.53 Å². The Morgan fingerprint density at radius 2 is 2.17 bits per heavy atom. The number of anilines is 1. The first-order valence-corrected chi connectivity index (χ1v) is 8.86. The van der Waals surface area contributed by atoms with Crippen LogP contribution in [-0.4, -0.2) is 62.3 Å². The second-order valence-corrected chi connectivity index (χ2v) is 6.36. The maximum atomic E-state index is 11.5. The van der Waals surface area contributed by atoms with Gasteiger partial charge in [-0.05, 0) is 6.07 Å². The van der Waals surface area contributed by atoms with Gasteiger partial charge >= 0.3 is 0 Å². The lowest BCUT2D eigenvalue weighted by Crippen LogP contribution is -2.44. The summed E-state index contributed by atoms with van der Waals surface area (Å²) in [5.74, 6) is 0.528. The summed E-state index contributed by atoms with van der Waals surface area (Å²) in [6.07, 6.45) is 8.55. The number of ether oxygens (including phenoxy) is 1. The van der Waals surface area contributed by atoms with Gasteiger partial charge in [-0.25, -0.2) is 19.9 Å². The molecule has 3 aromatic rings. The van der Waals surface area contributed by atoms with Crippen LogP contribution in [0.5, 0.6) is 0 Å². The molecule has 11 nitrogen and oxygen atoms in total. The Hall–Kier alpha value is -3.86. The molecule has 0 bridgehead atoms. The Kier molecular flexibility index (Phi) is 4.87. The number of rotatable bonds is 5. The number of nitrogens with one attached hydrogen (secondary N) is 1. The minimum absolute atomic E-state index is 0.122. The summed E-state index contributed by atoms with van der Waals surface area (Å²) in [6.45, 7) is 1.64. The van der Waals surface area contributed by atoms with E-state index in [2.05, 4.69) is 19.9 Å². The minimum Gasteiger partial charge on any atom is -0.404 e. The van der Waals surface area contributed by atoms with Gasteiger partial charge in [0.2, 0.25) is 0 Å². The van der Waals surface area contributed by atoms with Gasteiger partial charge in [0.1, 0.15) is 23.3 Å². The first-order valence-electron chi connectivity index (χ1n) is 8.86. The monoisotopic (exact) mass is 393 g/mol. The number of primary amides is 1. The maximum absolute atomic E-state index is 11.5. The van der Waals surface area contributed by atoms with Gasteiger partial charge in [0.05, 0.1) is 19.0 Å². The van der Waals surface area contributed by atoms with Crippen LogP contribution in [-0.2, 0) is 4.74 Å². The lowest BCUT2D eigenvalue weighted by Gasteiger charge is -2.34. The van der Waals surface area contributed by atoms with Crippen molar-refractivity contribution in [2.45, 2.75) is 6.10 Å². The predicted molar refractivity (Wildman–Crippen MR) is 106 cm³/mol. The average Bonchev–Trinajstić information content (AvgIpc) is 3.18. The van der Waals surface area contributed by atoms with Crippen LogP contribution in [0.4, 0.5) is 5.82 Å². The number of carbonyl (C=O) groups excluding carboxylic acids is 1. The van der Waals surface area contributed by atoms with E-state index in [0.717, 1.165) is 0 Å². The maximum Gasteiger partial charge on any atom is 0.268 e. The van der Waals surface area contributed by atoms with E-state index in [1.165, 1.54) is 24.8 Å². The van der Waals surface area contributed by atoms with Crippen LogP contribution in [0.3, 0.4) is 0 Å². The molecule has 1 aliphatic rings. The fraction of sp³-hybridized carbons (Fsp3) is 0.222. The van der Waals surface area contributed by atoms with E-state index in [-0.39, 0.29) is 11.8 Å². The summed E-state index contributed by atoms with van der Waals surface area (Å²) < 4.78 is 7.40. The molecule has 1 unspecified atom stereocenters. The topological polar surface area (TPSA) is 161 Å². The number of hydrogen-bond donors (Lipinski definition) is 3. The summed E-state index contributed by atoms with van der Waals surface area (Å²) in [5, 5.41) is 7.47. The largest absolute Gasteiger partial charge is 0.404 e. The number of nitrogens with two attached hydrogens (primary N) is 2. The second kappa shape index (κ2) is 7.64. The normalized spacial score (nSPS) is 17.4. The van der Waals surface area contributed by atoms with E-state index in [9.17, 15) is 4.79 Å². The van der Waals surface area contributed by atoms with Crippen molar-refractivity contribution >= 4 is 23.6 Å². The molecule has 1 atom stereocenters. The standard InChI is InChI=1S/C18H19N9O2/c19-5-11(6-20)14-10-26(3-4-29-14)15-1-2-22-18(25-15)13-7-24-16-8-23-12(17(21)28)9-27(13)16/h1-2,5-9,14,19H,3-4,10,20H2,(H2,21,28)/b11-6+,19-5?. The van der Waals surface area contributed by atoms with Gasteiger partial charge < -0.3 is 26.5 Å². The molecule has 4 heterocycles. The Morgan fingerprint density at radius 3 is 2.93 bits per heavy atom. The quantitative estimate of drug-likeness (QED) is 0.510. The van der Waals surface area contributed by atoms with Crippen LogP contribution in [0.2, 0.25) is 0 Å². The molecule has 0 radical (unpaired) electrons. The Balaban J connectivity index is 1.67. The van der Waals surface area contributed by atoms with Gasteiger partial charge in [0, 0.05) is 43.5 Å². The number of hydrogen-bond acceptors (Lipinski definition) is 9. The highest BCUT2D eigenvalue weighted by atomic mass is 16.5. The molecule has 148 valence electrons. The van der Waals surface area contributed by atoms with Crippen molar-refractivity contribution in [1.82, 2.24) is 24.3 Å². The number of nitrogens with zero attached hydrogens (tertiary/aromatic N) is 6. The zero-order valence-electron chi connectivity index (χ0n) is 15.4. The smallest absolute Gasteiger partial charge is 0.268 e. The van der Waals surface area contributed by atoms with Crippen molar-refractivity contribution in [3.05, 3.63) is 48.3 Å². The summed E-state index contributed by atoms with van der Waals surface area (Å²) in [4.78, 5) is 30.8. The SMILES string of the molecule is N=C/C(=C\N)C1CN(c2ccnc(-c3cnc4cnc(C(N)=O)cn34)n2)CCO1. The fourth-order valence-electron chi connectivity index (χ4n) is 3.14. The molecular formula is C18H19N9O2. The van der Waals surface area contributed by atoms with Crippen LogP contribution < -0.4 is 16.4 Å². The van der Waals surface area contributed by atoms with Gasteiger partial charge in [-0.15, -0.1) is 0 Å². The van der Waals surface area contributed by atoms with Crippen molar-refractivity contribution in [2.75, 3.05) is 24.6 Å². The number of morpholine rings is 1. The highest BCUT2D eigenvalue weighted by molar-refractivity contribution is 5.90. The Morgan fingerprint density at radius 1 is 1.31 bits per heavy atom. The Labute approximate surface area is 165 Å². The number of carbonyl (C=O) groups is 1. The minimum atomic E-state index is -0.629. The molecule has 0 saturated carbocycles. The van der Waals surface area contributed by atoms with E-state index in [0.29, 0.717) is 48.3 Å². The molecule has 1 fully saturated rings.